The van der Waals surface area contributed by atoms with Gasteiger partial charge in [0.1, 0.15) is 5.58 Å². The van der Waals surface area contributed by atoms with Gasteiger partial charge in [0.2, 0.25) is 0 Å². The maximum Gasteiger partial charge on any atom is 0.336 e. The van der Waals surface area contributed by atoms with E-state index in [0.717, 1.165) is 21.7 Å². The summed E-state index contributed by atoms with van der Waals surface area (Å²) in [5.41, 5.74) is 2.52. The zero-order valence-electron chi connectivity index (χ0n) is 16.2. The first-order chi connectivity index (χ1) is 14.2. The van der Waals surface area contributed by atoms with E-state index in [9.17, 15) is 4.79 Å². The van der Waals surface area contributed by atoms with Crippen molar-refractivity contribution in [1.29, 1.82) is 0 Å². The molecule has 0 spiro atoms. The SMILES string of the molecule is C[C@H](NCc1cc(=O)oc2ccc3ccccc3c12)c1cccc2ccccc12. The van der Waals surface area contributed by atoms with Gasteiger partial charge >= 0.3 is 5.63 Å². The highest BCUT2D eigenvalue weighted by molar-refractivity contribution is 6.07. The van der Waals surface area contributed by atoms with Crippen molar-refractivity contribution in [2.24, 2.45) is 0 Å². The van der Waals surface area contributed by atoms with Gasteiger partial charge in [-0.2, -0.15) is 0 Å². The van der Waals surface area contributed by atoms with Crippen molar-refractivity contribution in [3.63, 3.8) is 0 Å². The van der Waals surface area contributed by atoms with E-state index in [0.29, 0.717) is 12.1 Å². The lowest BCUT2D eigenvalue weighted by molar-refractivity contribution is 0.549. The van der Waals surface area contributed by atoms with Crippen LogP contribution in [-0.2, 0) is 6.54 Å². The second-order valence-corrected chi connectivity index (χ2v) is 7.42. The molecule has 1 N–H and O–H groups in total. The molecule has 0 saturated carbocycles. The molecule has 5 aromatic rings. The Morgan fingerprint density at radius 3 is 2.34 bits per heavy atom. The van der Waals surface area contributed by atoms with Crippen LogP contribution in [0.25, 0.3) is 32.5 Å². The summed E-state index contributed by atoms with van der Waals surface area (Å²) in [4.78, 5) is 12.1. The standard InChI is InChI=1S/C26H21NO2/c1-17(21-12-6-9-18-7-2-4-10-22(18)21)27-16-20-15-25(28)29-24-14-13-19-8-3-5-11-23(19)26(20)24/h2-15,17,27H,16H2,1H3/t17-/m0/s1. The van der Waals surface area contributed by atoms with Crippen LogP contribution in [0.5, 0.6) is 0 Å². The Balaban J connectivity index is 1.55. The molecule has 0 saturated heterocycles. The van der Waals surface area contributed by atoms with E-state index in [1.54, 1.807) is 6.07 Å². The lowest BCUT2D eigenvalue weighted by Gasteiger charge is -2.17. The van der Waals surface area contributed by atoms with Crippen molar-refractivity contribution >= 4 is 32.5 Å². The summed E-state index contributed by atoms with van der Waals surface area (Å²) in [6.45, 7) is 2.74. The predicted octanol–water partition coefficient (Wildman–Crippen LogP) is 5.95. The lowest BCUT2D eigenvalue weighted by Crippen LogP contribution is -2.19. The maximum absolute atomic E-state index is 12.1. The first kappa shape index (κ1) is 17.7. The van der Waals surface area contributed by atoms with Crippen LogP contribution in [0.1, 0.15) is 24.1 Å². The Kier molecular flexibility index (Phi) is 4.38. The van der Waals surface area contributed by atoms with Gasteiger partial charge in [0.25, 0.3) is 0 Å². The van der Waals surface area contributed by atoms with Crippen molar-refractivity contribution in [3.8, 4) is 0 Å². The smallest absolute Gasteiger partial charge is 0.336 e. The predicted molar refractivity (Wildman–Crippen MR) is 119 cm³/mol. The maximum atomic E-state index is 12.1. The molecule has 0 unspecified atom stereocenters. The number of rotatable bonds is 4. The second kappa shape index (κ2) is 7.19. The van der Waals surface area contributed by atoms with E-state index < -0.39 is 0 Å². The van der Waals surface area contributed by atoms with Gasteiger partial charge in [0, 0.05) is 24.0 Å². The van der Waals surface area contributed by atoms with Gasteiger partial charge < -0.3 is 9.73 Å². The highest BCUT2D eigenvalue weighted by Gasteiger charge is 2.13. The average molecular weight is 379 g/mol. The van der Waals surface area contributed by atoms with Crippen LogP contribution in [0.2, 0.25) is 0 Å². The molecule has 3 heteroatoms. The first-order valence-electron chi connectivity index (χ1n) is 9.86. The molecule has 1 atom stereocenters. The highest BCUT2D eigenvalue weighted by atomic mass is 16.4. The minimum atomic E-state index is -0.317. The molecule has 142 valence electrons. The third-order valence-electron chi connectivity index (χ3n) is 5.60. The average Bonchev–Trinajstić information content (AvgIpc) is 2.76. The molecule has 0 radical (unpaired) electrons. The molecule has 29 heavy (non-hydrogen) atoms. The monoisotopic (exact) mass is 379 g/mol. The third kappa shape index (κ3) is 3.20. The minimum absolute atomic E-state index is 0.137. The molecule has 1 aromatic heterocycles. The number of hydrogen-bond acceptors (Lipinski definition) is 3. The Bertz CT molecular complexity index is 1400. The first-order valence-corrected chi connectivity index (χ1v) is 9.86. The zero-order chi connectivity index (χ0) is 19.8. The Hall–Kier alpha value is -3.43. The largest absolute Gasteiger partial charge is 0.423 e. The Morgan fingerprint density at radius 2 is 1.52 bits per heavy atom. The topological polar surface area (TPSA) is 42.2 Å². The zero-order valence-corrected chi connectivity index (χ0v) is 16.2. The Morgan fingerprint density at radius 1 is 0.828 bits per heavy atom. The van der Waals surface area contributed by atoms with Crippen molar-refractivity contribution in [3.05, 3.63) is 106 Å². The second-order valence-electron chi connectivity index (χ2n) is 7.42. The van der Waals surface area contributed by atoms with Crippen LogP contribution in [0, 0.1) is 0 Å². The fraction of sp³-hybridized carbons (Fsp3) is 0.115. The fourth-order valence-corrected chi connectivity index (χ4v) is 4.16. The van der Waals surface area contributed by atoms with Gasteiger partial charge in [-0.3, -0.25) is 0 Å². The van der Waals surface area contributed by atoms with Gasteiger partial charge in [-0.1, -0.05) is 72.8 Å². The van der Waals surface area contributed by atoms with Crippen molar-refractivity contribution in [1.82, 2.24) is 5.32 Å². The summed E-state index contributed by atoms with van der Waals surface area (Å²) in [7, 11) is 0. The van der Waals surface area contributed by atoms with Gasteiger partial charge in [-0.15, -0.1) is 0 Å². The van der Waals surface area contributed by atoms with Gasteiger partial charge in [-0.05, 0) is 45.7 Å². The summed E-state index contributed by atoms with van der Waals surface area (Å²) in [5.74, 6) is 0. The molecular formula is C26H21NO2. The van der Waals surface area contributed by atoms with Gasteiger partial charge in [0.15, 0.2) is 0 Å². The molecule has 0 amide bonds. The van der Waals surface area contributed by atoms with Crippen LogP contribution in [0.15, 0.2) is 94.1 Å². The molecule has 4 aromatic carbocycles. The molecule has 0 bridgehead atoms. The number of nitrogens with one attached hydrogen (secondary N) is 1. The molecular weight excluding hydrogens is 358 g/mol. The quantitative estimate of drug-likeness (QED) is 0.310. The molecule has 0 aliphatic heterocycles. The Labute approximate surface area is 168 Å². The van der Waals surface area contributed by atoms with Gasteiger partial charge in [-0.25, -0.2) is 4.79 Å². The normalized spacial score (nSPS) is 12.6. The summed E-state index contributed by atoms with van der Waals surface area (Å²) >= 11 is 0. The third-order valence-corrected chi connectivity index (χ3v) is 5.60. The van der Waals surface area contributed by atoms with E-state index in [1.807, 2.05) is 24.3 Å². The van der Waals surface area contributed by atoms with E-state index in [1.165, 1.54) is 16.3 Å². The lowest BCUT2D eigenvalue weighted by atomic mass is 9.98. The highest BCUT2D eigenvalue weighted by Crippen LogP contribution is 2.28. The minimum Gasteiger partial charge on any atom is -0.423 e. The molecule has 1 heterocycles. The molecule has 3 nitrogen and oxygen atoms in total. The summed E-state index contributed by atoms with van der Waals surface area (Å²) in [6.07, 6.45) is 0. The van der Waals surface area contributed by atoms with E-state index in [2.05, 4.69) is 66.8 Å². The molecule has 0 aliphatic carbocycles. The van der Waals surface area contributed by atoms with Gasteiger partial charge in [0.05, 0.1) is 0 Å². The van der Waals surface area contributed by atoms with Crippen LogP contribution in [0.4, 0.5) is 0 Å². The van der Waals surface area contributed by atoms with Crippen LogP contribution < -0.4 is 10.9 Å². The van der Waals surface area contributed by atoms with Crippen LogP contribution in [0.3, 0.4) is 0 Å². The van der Waals surface area contributed by atoms with E-state index >= 15 is 0 Å². The van der Waals surface area contributed by atoms with E-state index in [-0.39, 0.29) is 11.7 Å². The number of hydrogen-bond donors (Lipinski definition) is 1. The van der Waals surface area contributed by atoms with Crippen molar-refractivity contribution in [2.45, 2.75) is 19.5 Å². The fourth-order valence-electron chi connectivity index (χ4n) is 4.16. The van der Waals surface area contributed by atoms with Crippen molar-refractivity contribution < 1.29 is 4.42 Å². The number of benzene rings is 4. The molecule has 5 rings (SSSR count). The molecule has 0 fully saturated rings. The van der Waals surface area contributed by atoms with Crippen molar-refractivity contribution in [2.75, 3.05) is 0 Å². The summed E-state index contributed by atoms with van der Waals surface area (Å²) in [6, 6.07) is 28.6. The summed E-state index contributed by atoms with van der Waals surface area (Å²) < 4.78 is 5.48. The number of fused-ring (bicyclic) bond motifs is 4. The van der Waals surface area contributed by atoms with Crippen LogP contribution >= 0.6 is 0 Å². The molecule has 0 aliphatic rings. The summed E-state index contributed by atoms with van der Waals surface area (Å²) in [5, 5.41) is 9.33. The van der Waals surface area contributed by atoms with Crippen LogP contribution in [-0.4, -0.2) is 0 Å². The van der Waals surface area contributed by atoms with E-state index in [4.69, 9.17) is 4.42 Å².